The minimum Gasteiger partial charge on any atom is -0.480 e. The van der Waals surface area contributed by atoms with Crippen molar-refractivity contribution in [2.24, 2.45) is 0 Å². The van der Waals surface area contributed by atoms with Gasteiger partial charge in [-0.3, -0.25) is 4.79 Å². The number of fused-ring (bicyclic) bond motifs is 1. The second kappa shape index (κ2) is 6.59. The number of hydrogen-bond donors (Lipinski definition) is 3. The Morgan fingerprint density at radius 2 is 1.88 bits per heavy atom. The van der Waals surface area contributed by atoms with Crippen LogP contribution in [0.15, 0.2) is 30.3 Å². The van der Waals surface area contributed by atoms with Gasteiger partial charge in [0.2, 0.25) is 0 Å². The van der Waals surface area contributed by atoms with Crippen LogP contribution >= 0.6 is 0 Å². The highest BCUT2D eigenvalue weighted by Gasteiger charge is 2.13. The molecule has 0 bridgehead atoms. The molecule has 0 aliphatic carbocycles. The molecule has 0 radical (unpaired) electrons. The van der Waals surface area contributed by atoms with Crippen molar-refractivity contribution < 1.29 is 9.90 Å². The van der Waals surface area contributed by atoms with Crippen LogP contribution in [0.25, 0.3) is 22.4 Å². The normalized spacial score (nSPS) is 11.2. The van der Waals surface area contributed by atoms with E-state index >= 15 is 0 Å². The molecule has 25 heavy (non-hydrogen) atoms. The molecule has 130 valence electrons. The Balaban J connectivity index is 2.01. The fourth-order valence-corrected chi connectivity index (χ4v) is 3.12. The molecule has 0 saturated carbocycles. The molecule has 1 heterocycles. The third kappa shape index (κ3) is 3.50. The number of aliphatic carboxylic acids is 1. The summed E-state index contributed by atoms with van der Waals surface area (Å²) in [5.41, 5.74) is 7.23. The molecule has 0 aliphatic rings. The average molecular weight is 337 g/mol. The lowest BCUT2D eigenvalue weighted by Crippen LogP contribution is -2.12. The molecule has 2 aromatic carbocycles. The summed E-state index contributed by atoms with van der Waals surface area (Å²) >= 11 is 0. The summed E-state index contributed by atoms with van der Waals surface area (Å²) in [7, 11) is 0. The van der Waals surface area contributed by atoms with Gasteiger partial charge >= 0.3 is 5.97 Å². The molecule has 0 spiro atoms. The van der Waals surface area contributed by atoms with Crippen LogP contribution in [0.2, 0.25) is 0 Å². The molecule has 0 aliphatic heterocycles. The van der Waals surface area contributed by atoms with Gasteiger partial charge in [-0.1, -0.05) is 19.9 Å². The van der Waals surface area contributed by atoms with E-state index in [0.717, 1.165) is 39.2 Å². The Morgan fingerprint density at radius 1 is 1.20 bits per heavy atom. The predicted molar refractivity (Wildman–Crippen MR) is 101 cm³/mol. The molecule has 0 atom stereocenters. The summed E-state index contributed by atoms with van der Waals surface area (Å²) in [6.45, 7) is 8.29. The summed E-state index contributed by atoms with van der Waals surface area (Å²) in [4.78, 5) is 18.9. The number of aryl methyl sites for hydroxylation is 2. The summed E-state index contributed by atoms with van der Waals surface area (Å²) < 4.78 is 0. The largest absolute Gasteiger partial charge is 0.480 e. The van der Waals surface area contributed by atoms with E-state index in [0.29, 0.717) is 5.92 Å². The number of carboxylic acids is 1. The minimum absolute atomic E-state index is 0.0964. The number of rotatable bonds is 5. The van der Waals surface area contributed by atoms with E-state index in [-0.39, 0.29) is 6.54 Å². The van der Waals surface area contributed by atoms with Crippen molar-refractivity contribution >= 4 is 22.7 Å². The maximum Gasteiger partial charge on any atom is 0.322 e. The first-order chi connectivity index (χ1) is 11.8. The summed E-state index contributed by atoms with van der Waals surface area (Å²) in [5.74, 6) is 0.438. The number of aromatic amines is 1. The van der Waals surface area contributed by atoms with Gasteiger partial charge in [0.15, 0.2) is 0 Å². The Bertz CT molecular complexity index is 918. The lowest BCUT2D eigenvalue weighted by Gasteiger charge is -2.11. The zero-order valence-corrected chi connectivity index (χ0v) is 15.0. The van der Waals surface area contributed by atoms with Crippen molar-refractivity contribution in [1.29, 1.82) is 0 Å². The standard InChI is InChI=1S/C20H23N3O2/c1-11(2)14-5-6-16-17(9-14)23-20(22-16)19-12(3)7-15(8-13(19)4)21-10-18(24)25/h5-9,11,21H,10H2,1-4H3,(H,22,23)(H,24,25). The highest BCUT2D eigenvalue weighted by molar-refractivity contribution is 5.82. The molecule has 5 nitrogen and oxygen atoms in total. The van der Waals surface area contributed by atoms with E-state index in [1.165, 1.54) is 5.56 Å². The van der Waals surface area contributed by atoms with E-state index in [4.69, 9.17) is 10.1 Å². The Morgan fingerprint density at radius 3 is 2.48 bits per heavy atom. The maximum atomic E-state index is 10.7. The first-order valence-corrected chi connectivity index (χ1v) is 8.42. The molecule has 5 heteroatoms. The van der Waals surface area contributed by atoms with Crippen molar-refractivity contribution in [2.45, 2.75) is 33.6 Å². The molecule has 0 fully saturated rings. The number of nitrogens with zero attached hydrogens (tertiary/aromatic N) is 1. The number of benzene rings is 2. The highest BCUT2D eigenvalue weighted by atomic mass is 16.4. The number of carbonyl (C=O) groups is 1. The number of nitrogens with one attached hydrogen (secondary N) is 2. The van der Waals surface area contributed by atoms with Gasteiger partial charge in [0.05, 0.1) is 11.0 Å². The van der Waals surface area contributed by atoms with Gasteiger partial charge < -0.3 is 15.4 Å². The van der Waals surface area contributed by atoms with Gasteiger partial charge in [-0.15, -0.1) is 0 Å². The monoisotopic (exact) mass is 337 g/mol. The summed E-state index contributed by atoms with van der Waals surface area (Å²) in [5, 5.41) is 11.7. The van der Waals surface area contributed by atoms with E-state index in [1.807, 2.05) is 26.0 Å². The van der Waals surface area contributed by atoms with Crippen LogP contribution in [-0.4, -0.2) is 27.6 Å². The fraction of sp³-hybridized carbons (Fsp3) is 0.300. The van der Waals surface area contributed by atoms with Crippen LogP contribution in [0.5, 0.6) is 0 Å². The van der Waals surface area contributed by atoms with Crippen LogP contribution in [-0.2, 0) is 4.79 Å². The molecule has 0 saturated heterocycles. The smallest absolute Gasteiger partial charge is 0.322 e. The first-order valence-electron chi connectivity index (χ1n) is 8.42. The van der Waals surface area contributed by atoms with Gasteiger partial charge in [0, 0.05) is 11.3 Å². The molecule has 0 amide bonds. The van der Waals surface area contributed by atoms with E-state index < -0.39 is 5.97 Å². The Labute approximate surface area is 147 Å². The number of aromatic nitrogens is 2. The van der Waals surface area contributed by atoms with E-state index in [1.54, 1.807) is 0 Å². The van der Waals surface area contributed by atoms with Crippen molar-refractivity contribution in [1.82, 2.24) is 9.97 Å². The Kier molecular flexibility index (Phi) is 4.49. The lowest BCUT2D eigenvalue weighted by molar-refractivity contribution is -0.134. The van der Waals surface area contributed by atoms with Gasteiger partial charge in [-0.25, -0.2) is 4.98 Å². The predicted octanol–water partition coefficient (Wildman–Crippen LogP) is 4.47. The quantitative estimate of drug-likeness (QED) is 0.642. The van der Waals surface area contributed by atoms with Crippen LogP contribution < -0.4 is 5.32 Å². The Hall–Kier alpha value is -2.82. The van der Waals surface area contributed by atoms with Gasteiger partial charge in [-0.2, -0.15) is 0 Å². The fourth-order valence-electron chi connectivity index (χ4n) is 3.12. The second-order valence-electron chi connectivity index (χ2n) is 6.75. The van der Waals surface area contributed by atoms with Crippen molar-refractivity contribution in [3.05, 3.63) is 47.0 Å². The van der Waals surface area contributed by atoms with E-state index in [9.17, 15) is 4.79 Å². The van der Waals surface area contributed by atoms with Crippen LogP contribution in [0, 0.1) is 13.8 Å². The minimum atomic E-state index is -0.877. The average Bonchev–Trinajstić information content (AvgIpc) is 2.94. The van der Waals surface area contributed by atoms with Crippen molar-refractivity contribution in [3.8, 4) is 11.4 Å². The third-order valence-corrected chi connectivity index (χ3v) is 4.39. The second-order valence-corrected chi connectivity index (χ2v) is 6.75. The zero-order chi connectivity index (χ0) is 18.1. The van der Waals surface area contributed by atoms with Crippen molar-refractivity contribution in [3.63, 3.8) is 0 Å². The van der Waals surface area contributed by atoms with Gasteiger partial charge in [0.1, 0.15) is 12.4 Å². The van der Waals surface area contributed by atoms with Gasteiger partial charge in [0.25, 0.3) is 0 Å². The molecule has 1 aromatic heterocycles. The van der Waals surface area contributed by atoms with E-state index in [2.05, 4.69) is 42.3 Å². The SMILES string of the molecule is Cc1cc(NCC(=O)O)cc(C)c1-c1nc2ccc(C(C)C)cc2[nH]1. The van der Waals surface area contributed by atoms with Gasteiger partial charge in [-0.05, 0) is 60.7 Å². The molecular weight excluding hydrogens is 314 g/mol. The topological polar surface area (TPSA) is 78.0 Å². The number of anilines is 1. The molecular formula is C20H23N3O2. The van der Waals surface area contributed by atoms with Crippen LogP contribution in [0.4, 0.5) is 5.69 Å². The zero-order valence-electron chi connectivity index (χ0n) is 15.0. The lowest BCUT2D eigenvalue weighted by atomic mass is 10.0. The first kappa shape index (κ1) is 17.0. The molecule has 3 rings (SSSR count). The third-order valence-electron chi connectivity index (χ3n) is 4.39. The number of hydrogen-bond acceptors (Lipinski definition) is 3. The summed E-state index contributed by atoms with van der Waals surface area (Å²) in [6, 6.07) is 10.2. The summed E-state index contributed by atoms with van der Waals surface area (Å²) in [6.07, 6.45) is 0. The molecule has 3 N–H and O–H groups in total. The van der Waals surface area contributed by atoms with Crippen LogP contribution in [0.3, 0.4) is 0 Å². The number of carboxylic acid groups (broad SMARTS) is 1. The van der Waals surface area contributed by atoms with Crippen LogP contribution in [0.1, 0.15) is 36.5 Å². The number of imidazole rings is 1. The molecule has 0 unspecified atom stereocenters. The number of H-pyrrole nitrogens is 1. The highest BCUT2D eigenvalue weighted by Crippen LogP contribution is 2.30. The van der Waals surface area contributed by atoms with Crippen molar-refractivity contribution in [2.75, 3.05) is 11.9 Å². The molecule has 3 aromatic rings. The maximum absolute atomic E-state index is 10.7.